The first kappa shape index (κ1) is 7.59. The zero-order valence-corrected chi connectivity index (χ0v) is 6.82. The monoisotopic (exact) mass is 140 g/mol. The standard InChI is InChI=1S/C8H12O2/c1-7(2)5-6-8(3,4)10-9-7/h1-4H3. The van der Waals surface area contributed by atoms with Crippen molar-refractivity contribution in [3.05, 3.63) is 0 Å². The van der Waals surface area contributed by atoms with Gasteiger partial charge in [-0.25, -0.2) is 9.78 Å². The van der Waals surface area contributed by atoms with Gasteiger partial charge in [0.1, 0.15) is 0 Å². The second-order valence-electron chi connectivity index (χ2n) is 3.44. The topological polar surface area (TPSA) is 18.5 Å². The molecule has 1 aliphatic rings. The third kappa shape index (κ3) is 1.73. The predicted octanol–water partition coefficient (Wildman–Crippen LogP) is 1.51. The molecule has 1 aliphatic heterocycles. The van der Waals surface area contributed by atoms with Crippen LogP contribution in [0.5, 0.6) is 0 Å². The molecule has 1 heterocycles. The second-order valence-corrected chi connectivity index (χ2v) is 3.44. The largest absolute Gasteiger partial charge is 0.216 e. The summed E-state index contributed by atoms with van der Waals surface area (Å²) in [7, 11) is 0. The van der Waals surface area contributed by atoms with Gasteiger partial charge < -0.3 is 0 Å². The average molecular weight is 140 g/mol. The number of hydrogen-bond acceptors (Lipinski definition) is 2. The summed E-state index contributed by atoms with van der Waals surface area (Å²) in [6, 6.07) is 0. The first-order chi connectivity index (χ1) is 4.41. The maximum Gasteiger partial charge on any atom is 0.158 e. The van der Waals surface area contributed by atoms with Crippen LogP contribution in [-0.2, 0) is 9.78 Å². The molecule has 0 N–H and O–H groups in total. The Bertz CT molecular complexity index is 173. The summed E-state index contributed by atoms with van der Waals surface area (Å²) in [6.45, 7) is 7.48. The highest BCUT2D eigenvalue weighted by Crippen LogP contribution is 2.20. The van der Waals surface area contributed by atoms with Crippen LogP contribution in [0.2, 0.25) is 0 Å². The van der Waals surface area contributed by atoms with Gasteiger partial charge in [-0.1, -0.05) is 11.8 Å². The van der Waals surface area contributed by atoms with Crippen molar-refractivity contribution >= 4 is 0 Å². The van der Waals surface area contributed by atoms with Gasteiger partial charge in [-0.2, -0.15) is 0 Å². The third-order valence-corrected chi connectivity index (χ3v) is 1.12. The highest BCUT2D eigenvalue weighted by Gasteiger charge is 2.28. The van der Waals surface area contributed by atoms with E-state index in [1.165, 1.54) is 0 Å². The molecule has 1 rings (SSSR count). The highest BCUT2D eigenvalue weighted by atomic mass is 17.2. The lowest BCUT2D eigenvalue weighted by Gasteiger charge is -2.28. The van der Waals surface area contributed by atoms with Gasteiger partial charge in [0.25, 0.3) is 0 Å². The Morgan fingerprint density at radius 2 is 1.10 bits per heavy atom. The molecule has 0 aromatic heterocycles. The van der Waals surface area contributed by atoms with Crippen molar-refractivity contribution < 1.29 is 9.78 Å². The third-order valence-electron chi connectivity index (χ3n) is 1.12. The summed E-state index contributed by atoms with van der Waals surface area (Å²) in [5.74, 6) is 5.90. The minimum Gasteiger partial charge on any atom is -0.216 e. The van der Waals surface area contributed by atoms with Crippen LogP contribution in [-0.4, -0.2) is 11.2 Å². The molecule has 0 spiro atoms. The van der Waals surface area contributed by atoms with Crippen molar-refractivity contribution in [1.82, 2.24) is 0 Å². The van der Waals surface area contributed by atoms with E-state index in [2.05, 4.69) is 11.8 Å². The van der Waals surface area contributed by atoms with Crippen LogP contribution in [0.25, 0.3) is 0 Å². The fourth-order valence-electron chi connectivity index (χ4n) is 0.551. The van der Waals surface area contributed by atoms with E-state index in [4.69, 9.17) is 9.78 Å². The van der Waals surface area contributed by atoms with Gasteiger partial charge in [-0.15, -0.1) is 0 Å². The van der Waals surface area contributed by atoms with Crippen molar-refractivity contribution in [1.29, 1.82) is 0 Å². The normalized spacial score (nSPS) is 26.8. The average Bonchev–Trinajstić information content (AvgIpc) is 1.79. The summed E-state index contributed by atoms with van der Waals surface area (Å²) >= 11 is 0. The van der Waals surface area contributed by atoms with Gasteiger partial charge in [0, 0.05) is 0 Å². The Hall–Kier alpha value is -0.520. The van der Waals surface area contributed by atoms with E-state index in [9.17, 15) is 0 Å². The fraction of sp³-hybridized carbons (Fsp3) is 0.750. The van der Waals surface area contributed by atoms with E-state index < -0.39 is 11.2 Å². The summed E-state index contributed by atoms with van der Waals surface area (Å²) in [6.07, 6.45) is 0. The fourth-order valence-corrected chi connectivity index (χ4v) is 0.551. The quantitative estimate of drug-likeness (QED) is 0.375. The molecule has 0 unspecified atom stereocenters. The lowest BCUT2D eigenvalue weighted by Crippen LogP contribution is -2.35. The molecule has 0 fully saturated rings. The smallest absolute Gasteiger partial charge is 0.158 e. The Labute approximate surface area is 61.4 Å². The zero-order valence-electron chi connectivity index (χ0n) is 6.82. The van der Waals surface area contributed by atoms with Gasteiger partial charge in [0.2, 0.25) is 0 Å². The van der Waals surface area contributed by atoms with Crippen molar-refractivity contribution in [2.45, 2.75) is 38.9 Å². The Morgan fingerprint density at radius 3 is 1.30 bits per heavy atom. The van der Waals surface area contributed by atoms with Gasteiger partial charge in [0.15, 0.2) is 11.2 Å². The van der Waals surface area contributed by atoms with E-state index >= 15 is 0 Å². The lowest BCUT2D eigenvalue weighted by molar-refractivity contribution is -0.380. The molecule has 56 valence electrons. The molecule has 0 aliphatic carbocycles. The summed E-state index contributed by atoms with van der Waals surface area (Å²) in [5.41, 5.74) is -0.898. The van der Waals surface area contributed by atoms with Crippen molar-refractivity contribution in [2.24, 2.45) is 0 Å². The van der Waals surface area contributed by atoms with Gasteiger partial charge in [-0.05, 0) is 27.7 Å². The Balaban J connectivity index is 2.80. The van der Waals surface area contributed by atoms with Crippen LogP contribution in [0.15, 0.2) is 0 Å². The molecule has 0 aromatic carbocycles. The zero-order chi connectivity index (χ0) is 7.83. The van der Waals surface area contributed by atoms with Crippen LogP contribution in [0.1, 0.15) is 27.7 Å². The van der Waals surface area contributed by atoms with Gasteiger partial charge in [0.05, 0.1) is 0 Å². The molecule has 10 heavy (non-hydrogen) atoms. The first-order valence-electron chi connectivity index (χ1n) is 3.32. The minimum absolute atomic E-state index is 0.449. The van der Waals surface area contributed by atoms with E-state index in [1.54, 1.807) is 0 Å². The number of rotatable bonds is 0. The molecule has 2 nitrogen and oxygen atoms in total. The van der Waals surface area contributed by atoms with E-state index in [0.29, 0.717) is 0 Å². The molecule has 0 saturated carbocycles. The van der Waals surface area contributed by atoms with Gasteiger partial charge in [-0.3, -0.25) is 0 Å². The van der Waals surface area contributed by atoms with Crippen LogP contribution in [0, 0.1) is 11.8 Å². The SMILES string of the molecule is CC1(C)C#CC(C)(C)OO1. The van der Waals surface area contributed by atoms with E-state index in [-0.39, 0.29) is 0 Å². The first-order valence-corrected chi connectivity index (χ1v) is 3.32. The lowest BCUT2D eigenvalue weighted by atomic mass is 10.1. The number of hydrogen-bond donors (Lipinski definition) is 0. The van der Waals surface area contributed by atoms with Crippen LogP contribution < -0.4 is 0 Å². The maximum absolute atomic E-state index is 5.01. The van der Waals surface area contributed by atoms with Gasteiger partial charge >= 0.3 is 0 Å². The van der Waals surface area contributed by atoms with Crippen LogP contribution in [0.4, 0.5) is 0 Å². The summed E-state index contributed by atoms with van der Waals surface area (Å²) < 4.78 is 0. The molecule has 0 bridgehead atoms. The van der Waals surface area contributed by atoms with Crippen molar-refractivity contribution in [3.63, 3.8) is 0 Å². The van der Waals surface area contributed by atoms with Crippen molar-refractivity contribution in [2.75, 3.05) is 0 Å². The predicted molar refractivity (Wildman–Crippen MR) is 38.1 cm³/mol. The molecule has 0 amide bonds. The van der Waals surface area contributed by atoms with Crippen LogP contribution in [0.3, 0.4) is 0 Å². The molecule has 0 radical (unpaired) electrons. The van der Waals surface area contributed by atoms with Crippen molar-refractivity contribution in [3.8, 4) is 11.8 Å². The molecule has 0 aromatic rings. The van der Waals surface area contributed by atoms with E-state index in [0.717, 1.165) is 0 Å². The molecule has 0 atom stereocenters. The Morgan fingerprint density at radius 1 is 0.800 bits per heavy atom. The molecule has 2 heteroatoms. The van der Waals surface area contributed by atoms with Crippen LogP contribution >= 0.6 is 0 Å². The summed E-state index contributed by atoms with van der Waals surface area (Å²) in [5, 5.41) is 0. The van der Waals surface area contributed by atoms with E-state index in [1.807, 2.05) is 27.7 Å². The Kier molecular flexibility index (Phi) is 1.50. The molecular formula is C8H12O2. The maximum atomic E-state index is 5.01. The molecule has 0 saturated heterocycles. The minimum atomic E-state index is -0.449. The molecular weight excluding hydrogens is 128 g/mol. The highest BCUT2D eigenvalue weighted by molar-refractivity contribution is 5.19. The summed E-state index contributed by atoms with van der Waals surface area (Å²) in [4.78, 5) is 10.0. The second kappa shape index (κ2) is 1.98.